The minimum Gasteiger partial charge on any atom is -0.480 e. The van der Waals surface area contributed by atoms with Gasteiger partial charge in [-0.15, -0.1) is 11.8 Å². The predicted molar refractivity (Wildman–Crippen MR) is 124 cm³/mol. The lowest BCUT2D eigenvalue weighted by Gasteiger charge is -2.26. The van der Waals surface area contributed by atoms with Crippen LogP contribution in [0.5, 0.6) is 0 Å². The highest BCUT2D eigenvalue weighted by atomic mass is 32.2. The molecule has 0 aromatic heterocycles. The van der Waals surface area contributed by atoms with Crippen molar-refractivity contribution >= 4 is 35.3 Å². The van der Waals surface area contributed by atoms with E-state index in [9.17, 15) is 24.6 Å². The molecule has 176 valence electrons. The van der Waals surface area contributed by atoms with Crippen LogP contribution in [0.25, 0.3) is 0 Å². The van der Waals surface area contributed by atoms with E-state index in [-0.39, 0.29) is 0 Å². The van der Waals surface area contributed by atoms with Crippen molar-refractivity contribution in [3.05, 3.63) is 24.3 Å². The number of para-hydroxylation sites is 1. The minimum atomic E-state index is -1.11. The highest BCUT2D eigenvalue weighted by Crippen LogP contribution is 2.34. The van der Waals surface area contributed by atoms with Gasteiger partial charge in [-0.2, -0.15) is 0 Å². The first kappa shape index (κ1) is 24.5. The van der Waals surface area contributed by atoms with Crippen molar-refractivity contribution < 1.29 is 24.6 Å². The second-order valence-electron chi connectivity index (χ2n) is 8.49. The Morgan fingerprint density at radius 2 is 1.88 bits per heavy atom. The van der Waals surface area contributed by atoms with Crippen LogP contribution in [0.4, 0.5) is 5.69 Å². The molecule has 1 heterocycles. The lowest BCUT2D eigenvalue weighted by atomic mass is 9.95. The summed E-state index contributed by atoms with van der Waals surface area (Å²) in [5.41, 5.74) is 0.551. The van der Waals surface area contributed by atoms with Crippen molar-refractivity contribution in [3.8, 4) is 0 Å². The summed E-state index contributed by atoms with van der Waals surface area (Å²) in [5.74, 6) is -2.16. The first-order valence-corrected chi connectivity index (χ1v) is 12.4. The zero-order valence-corrected chi connectivity index (χ0v) is 19.1. The van der Waals surface area contributed by atoms with Gasteiger partial charge in [0, 0.05) is 16.7 Å². The second-order valence-corrected chi connectivity index (χ2v) is 9.55. The van der Waals surface area contributed by atoms with Gasteiger partial charge in [0.25, 0.3) is 0 Å². The van der Waals surface area contributed by atoms with Crippen LogP contribution in [0.15, 0.2) is 29.2 Å². The van der Waals surface area contributed by atoms with E-state index in [1.165, 1.54) is 48.8 Å². The maximum Gasteiger partial charge on any atom is 0.323 e. The van der Waals surface area contributed by atoms with Crippen molar-refractivity contribution in [3.63, 3.8) is 0 Å². The molecule has 1 fully saturated rings. The van der Waals surface area contributed by atoms with E-state index >= 15 is 0 Å². The van der Waals surface area contributed by atoms with Crippen molar-refractivity contribution in [1.29, 1.82) is 0 Å². The number of hydrogen-bond acceptors (Lipinski definition) is 6. The number of fused-ring (bicyclic) bond motifs is 1. The Bertz CT molecular complexity index is 800. The maximum absolute atomic E-state index is 13.1. The quantitative estimate of drug-likeness (QED) is 0.370. The fraction of sp³-hybridized carbons (Fsp3) is 0.609. The molecule has 1 saturated carbocycles. The van der Waals surface area contributed by atoms with E-state index in [1.807, 2.05) is 12.1 Å². The Labute approximate surface area is 193 Å². The molecule has 1 aliphatic heterocycles. The summed E-state index contributed by atoms with van der Waals surface area (Å²) in [6.07, 6.45) is 8.34. The summed E-state index contributed by atoms with van der Waals surface area (Å²) in [4.78, 5) is 38.4. The highest BCUT2D eigenvalue weighted by molar-refractivity contribution is 7.99. The number of hydrogen-bond donors (Lipinski definition) is 4. The fourth-order valence-corrected chi connectivity index (χ4v) is 5.46. The first-order chi connectivity index (χ1) is 15.5. The lowest BCUT2D eigenvalue weighted by Crippen LogP contribution is -2.53. The minimum absolute atomic E-state index is 0.346. The molecule has 0 spiro atoms. The van der Waals surface area contributed by atoms with Crippen LogP contribution in [0.1, 0.15) is 51.4 Å². The monoisotopic (exact) mass is 463 g/mol. The summed E-state index contributed by atoms with van der Waals surface area (Å²) >= 11 is 1.43. The molecule has 2 atom stereocenters. The van der Waals surface area contributed by atoms with Gasteiger partial charge in [0.05, 0.1) is 11.7 Å². The first-order valence-electron chi connectivity index (χ1n) is 11.4. The van der Waals surface area contributed by atoms with Crippen LogP contribution < -0.4 is 15.5 Å². The summed E-state index contributed by atoms with van der Waals surface area (Å²) in [7, 11) is 0. The van der Waals surface area contributed by atoms with Crippen molar-refractivity contribution in [2.24, 2.45) is 0 Å². The van der Waals surface area contributed by atoms with E-state index in [0.29, 0.717) is 23.9 Å². The smallest absolute Gasteiger partial charge is 0.323 e. The molecule has 0 radical (unpaired) electrons. The Morgan fingerprint density at radius 1 is 1.12 bits per heavy atom. The van der Waals surface area contributed by atoms with Gasteiger partial charge in [0.15, 0.2) is 0 Å². The fourth-order valence-electron chi connectivity index (χ4n) is 4.38. The summed E-state index contributed by atoms with van der Waals surface area (Å²) in [6.45, 7) is 0.413. The molecule has 0 bridgehead atoms. The van der Waals surface area contributed by atoms with Gasteiger partial charge in [0.1, 0.15) is 12.6 Å². The largest absolute Gasteiger partial charge is 0.480 e. The van der Waals surface area contributed by atoms with Gasteiger partial charge < -0.3 is 15.5 Å². The summed E-state index contributed by atoms with van der Waals surface area (Å²) in [6, 6.07) is 6.12. The number of benzene rings is 1. The molecule has 9 heteroatoms. The van der Waals surface area contributed by atoms with Gasteiger partial charge in [-0.25, -0.2) is 0 Å². The van der Waals surface area contributed by atoms with Crippen LogP contribution >= 0.6 is 11.8 Å². The number of rotatable bonds is 11. The molecule has 32 heavy (non-hydrogen) atoms. The number of carboxylic acid groups (broad SMARTS) is 2. The molecule has 8 nitrogen and oxygen atoms in total. The number of amides is 1. The Balaban J connectivity index is 1.55. The molecule has 1 amide bonds. The number of anilines is 1. The second kappa shape index (κ2) is 12.2. The average molecular weight is 464 g/mol. The van der Waals surface area contributed by atoms with Crippen LogP contribution in [-0.2, 0) is 14.4 Å². The van der Waals surface area contributed by atoms with Crippen molar-refractivity contribution in [2.75, 3.05) is 23.7 Å². The predicted octanol–water partition coefficient (Wildman–Crippen LogP) is 2.71. The molecule has 3 rings (SSSR count). The number of aliphatic carboxylic acids is 2. The number of carbonyl (C=O) groups is 3. The van der Waals surface area contributed by atoms with Gasteiger partial charge in [-0.1, -0.05) is 37.8 Å². The Kier molecular flexibility index (Phi) is 9.37. The highest BCUT2D eigenvalue weighted by Gasteiger charge is 2.34. The van der Waals surface area contributed by atoms with E-state index in [0.717, 1.165) is 24.3 Å². The van der Waals surface area contributed by atoms with Gasteiger partial charge >= 0.3 is 11.9 Å². The van der Waals surface area contributed by atoms with Crippen LogP contribution in [-0.4, -0.2) is 65.0 Å². The van der Waals surface area contributed by atoms with E-state index in [2.05, 4.69) is 10.6 Å². The Hall–Kier alpha value is -2.10. The van der Waals surface area contributed by atoms with E-state index in [4.69, 9.17) is 0 Å². The van der Waals surface area contributed by atoms with Crippen LogP contribution in [0.3, 0.4) is 0 Å². The molecule has 4 N–H and O–H groups in total. The lowest BCUT2D eigenvalue weighted by molar-refractivity contribution is -0.140. The SMILES string of the molecule is O=C(O)CN1C(=O)[C@@H](N[C@@H](CCCCNC2CCCCC2)C(=O)O)CSc2ccccc21. The normalized spacial score (nSPS) is 20.4. The van der Waals surface area contributed by atoms with Crippen LogP contribution in [0, 0.1) is 0 Å². The average Bonchev–Trinajstić information content (AvgIpc) is 2.90. The molecule has 2 aliphatic rings. The molecule has 1 aromatic rings. The zero-order valence-electron chi connectivity index (χ0n) is 18.3. The molecule has 1 aliphatic carbocycles. The molecular weight excluding hydrogens is 430 g/mol. The number of nitrogens with zero attached hydrogens (tertiary/aromatic N) is 1. The van der Waals surface area contributed by atoms with Crippen LogP contribution in [0.2, 0.25) is 0 Å². The standard InChI is InChI=1S/C23H33N3O5S/c27-21(28)14-26-19-11-4-5-12-20(19)32-15-18(22(26)29)25-17(23(30)31)10-6-7-13-24-16-8-2-1-3-9-16/h4-5,11-12,16-18,24-25H,1-3,6-10,13-15H2,(H,27,28)(H,30,31)/t17-,18-/m0/s1. The topological polar surface area (TPSA) is 119 Å². The third-order valence-electron chi connectivity index (χ3n) is 6.08. The maximum atomic E-state index is 13.1. The number of unbranched alkanes of at least 4 members (excludes halogenated alkanes) is 1. The van der Waals surface area contributed by atoms with Gasteiger partial charge in [-0.05, 0) is 44.4 Å². The summed E-state index contributed by atoms with van der Waals surface area (Å²) in [5, 5.41) is 25.6. The molecule has 0 unspecified atom stereocenters. The Morgan fingerprint density at radius 3 is 2.59 bits per heavy atom. The number of carbonyl (C=O) groups excluding carboxylic acids is 1. The third-order valence-corrected chi connectivity index (χ3v) is 7.23. The molecular formula is C23H33N3O5S. The third kappa shape index (κ3) is 6.95. The van der Waals surface area contributed by atoms with Crippen molar-refractivity contribution in [1.82, 2.24) is 10.6 Å². The van der Waals surface area contributed by atoms with Gasteiger partial charge in [-0.3, -0.25) is 24.6 Å². The van der Waals surface area contributed by atoms with Gasteiger partial charge in [0.2, 0.25) is 5.91 Å². The summed E-state index contributed by atoms with van der Waals surface area (Å²) < 4.78 is 0. The zero-order chi connectivity index (χ0) is 22.9. The number of carboxylic acids is 2. The van der Waals surface area contributed by atoms with E-state index < -0.39 is 36.5 Å². The number of thioether (sulfide) groups is 1. The molecule has 0 saturated heterocycles. The molecule has 1 aromatic carbocycles. The number of nitrogens with one attached hydrogen (secondary N) is 2. The van der Waals surface area contributed by atoms with E-state index in [1.54, 1.807) is 12.1 Å². The van der Waals surface area contributed by atoms with Crippen molar-refractivity contribution in [2.45, 2.75) is 74.4 Å².